The van der Waals surface area contributed by atoms with Gasteiger partial charge in [-0.3, -0.25) is 0 Å². The van der Waals surface area contributed by atoms with E-state index in [1.807, 2.05) is 25.1 Å². The fourth-order valence-electron chi connectivity index (χ4n) is 3.15. The number of aliphatic hydroxyl groups is 1. The lowest BCUT2D eigenvalue weighted by molar-refractivity contribution is 0.126. The van der Waals surface area contributed by atoms with Crippen LogP contribution in [0.1, 0.15) is 18.5 Å². The number of rotatable bonds is 6. The number of nitrogens with one attached hydrogen (secondary N) is 2. The summed E-state index contributed by atoms with van der Waals surface area (Å²) in [4.78, 5) is 12.3. The number of benzene rings is 1. The molecule has 0 aliphatic carbocycles. The van der Waals surface area contributed by atoms with Crippen molar-refractivity contribution in [3.8, 4) is 5.69 Å². The molecule has 1 saturated heterocycles. The van der Waals surface area contributed by atoms with Crippen LogP contribution in [0, 0.1) is 12.3 Å². The molecule has 0 bridgehead atoms. The van der Waals surface area contributed by atoms with Crippen LogP contribution in [0.5, 0.6) is 0 Å². The topological polar surface area (TPSA) is 88.4 Å². The highest BCUT2D eigenvalue weighted by molar-refractivity contribution is 6.30. The summed E-state index contributed by atoms with van der Waals surface area (Å²) in [5.74, 6) is 0. The van der Waals surface area contributed by atoms with Crippen molar-refractivity contribution in [1.29, 1.82) is 0 Å². The zero-order valence-corrected chi connectivity index (χ0v) is 15.4. The highest BCUT2D eigenvalue weighted by atomic mass is 35.5. The summed E-state index contributed by atoms with van der Waals surface area (Å²) in [5.41, 5.74) is 2.07. The molecule has 3 rings (SSSR count). The standard InChI is InChI=1S/C18H23ClN4O3/c1-13-16(10-21-23(13)15-4-2-3-14(19)9-15)22-17(25)20-11-18(5-7-24)6-8-26-12-18/h2-4,9-10,24H,5-8,11-12H2,1H3,(H2,20,22,25). The fraction of sp³-hybridized carbons (Fsp3) is 0.444. The van der Waals surface area contributed by atoms with E-state index in [1.54, 1.807) is 16.9 Å². The number of ether oxygens (including phenoxy) is 1. The predicted molar refractivity (Wildman–Crippen MR) is 99.9 cm³/mol. The van der Waals surface area contributed by atoms with E-state index < -0.39 is 0 Å². The molecule has 3 N–H and O–H groups in total. The molecule has 8 heteroatoms. The molecular formula is C18H23ClN4O3. The molecule has 2 aromatic rings. The molecule has 1 unspecified atom stereocenters. The molecular weight excluding hydrogens is 356 g/mol. The van der Waals surface area contributed by atoms with Crippen LogP contribution in [0.2, 0.25) is 5.02 Å². The number of carbonyl (C=O) groups excluding carboxylic acids is 1. The van der Waals surface area contributed by atoms with Crippen molar-refractivity contribution < 1.29 is 14.6 Å². The Morgan fingerprint density at radius 3 is 3.04 bits per heavy atom. The normalized spacial score (nSPS) is 19.5. The SMILES string of the molecule is Cc1c(NC(=O)NCC2(CCO)CCOC2)cnn1-c1cccc(Cl)c1. The van der Waals surface area contributed by atoms with Crippen LogP contribution in [-0.4, -0.2) is 47.3 Å². The third-order valence-corrected chi connectivity index (χ3v) is 5.00. The third-order valence-electron chi connectivity index (χ3n) is 4.76. The second-order valence-corrected chi connectivity index (χ2v) is 7.06. The van der Waals surface area contributed by atoms with Crippen molar-refractivity contribution >= 4 is 23.3 Å². The Hall–Kier alpha value is -2.09. The van der Waals surface area contributed by atoms with Crippen molar-refractivity contribution in [3.05, 3.63) is 41.2 Å². The Morgan fingerprint density at radius 2 is 2.35 bits per heavy atom. The lowest BCUT2D eigenvalue weighted by Crippen LogP contribution is -2.40. The second-order valence-electron chi connectivity index (χ2n) is 6.62. The molecule has 1 aliphatic rings. The highest BCUT2D eigenvalue weighted by Crippen LogP contribution is 2.31. The molecule has 7 nitrogen and oxygen atoms in total. The van der Waals surface area contributed by atoms with E-state index in [0.29, 0.717) is 36.9 Å². The molecule has 140 valence electrons. The average molecular weight is 379 g/mol. The number of carbonyl (C=O) groups is 1. The van der Waals surface area contributed by atoms with Gasteiger partial charge in [0.2, 0.25) is 0 Å². The summed E-state index contributed by atoms with van der Waals surface area (Å²) in [5, 5.41) is 19.9. The Balaban J connectivity index is 1.63. The van der Waals surface area contributed by atoms with Gasteiger partial charge in [0.1, 0.15) is 0 Å². The number of anilines is 1. The smallest absolute Gasteiger partial charge is 0.319 e. The second kappa shape index (κ2) is 8.07. The number of aromatic nitrogens is 2. The first-order valence-corrected chi connectivity index (χ1v) is 8.95. The van der Waals surface area contributed by atoms with Gasteiger partial charge in [0.05, 0.1) is 29.9 Å². The molecule has 0 spiro atoms. The first-order valence-electron chi connectivity index (χ1n) is 8.57. The number of amides is 2. The summed E-state index contributed by atoms with van der Waals surface area (Å²) >= 11 is 6.03. The Morgan fingerprint density at radius 1 is 1.50 bits per heavy atom. The van der Waals surface area contributed by atoms with Gasteiger partial charge in [-0.1, -0.05) is 17.7 Å². The van der Waals surface area contributed by atoms with Crippen molar-refractivity contribution in [1.82, 2.24) is 15.1 Å². The Kier molecular flexibility index (Phi) is 5.80. The summed E-state index contributed by atoms with van der Waals surface area (Å²) < 4.78 is 7.16. The van der Waals surface area contributed by atoms with Gasteiger partial charge < -0.3 is 20.5 Å². The molecule has 2 amide bonds. The van der Waals surface area contributed by atoms with E-state index in [4.69, 9.17) is 16.3 Å². The number of nitrogens with zero attached hydrogens (tertiary/aromatic N) is 2. The third kappa shape index (κ3) is 4.17. The quantitative estimate of drug-likeness (QED) is 0.721. The molecule has 0 radical (unpaired) electrons. The van der Waals surface area contributed by atoms with Crippen molar-refractivity contribution in [2.45, 2.75) is 19.8 Å². The number of aliphatic hydroxyl groups excluding tert-OH is 1. The van der Waals surface area contributed by atoms with Gasteiger partial charge in [0, 0.05) is 30.2 Å². The van der Waals surface area contributed by atoms with Gasteiger partial charge in [-0.25, -0.2) is 9.48 Å². The zero-order chi connectivity index (χ0) is 18.6. The van der Waals surface area contributed by atoms with E-state index in [9.17, 15) is 9.90 Å². The molecule has 2 heterocycles. The van der Waals surface area contributed by atoms with Crippen LogP contribution >= 0.6 is 11.6 Å². The van der Waals surface area contributed by atoms with E-state index in [0.717, 1.165) is 17.8 Å². The maximum absolute atomic E-state index is 12.3. The number of hydrogen-bond acceptors (Lipinski definition) is 4. The van der Waals surface area contributed by atoms with E-state index in [2.05, 4.69) is 15.7 Å². The molecule has 26 heavy (non-hydrogen) atoms. The van der Waals surface area contributed by atoms with Crippen molar-refractivity contribution in [2.75, 3.05) is 31.7 Å². The monoisotopic (exact) mass is 378 g/mol. The Bertz CT molecular complexity index is 772. The number of hydrogen-bond donors (Lipinski definition) is 3. The number of halogens is 1. The van der Waals surface area contributed by atoms with Crippen LogP contribution in [-0.2, 0) is 4.74 Å². The van der Waals surface area contributed by atoms with Gasteiger partial charge in [0.25, 0.3) is 0 Å². The van der Waals surface area contributed by atoms with Crippen LogP contribution < -0.4 is 10.6 Å². The average Bonchev–Trinajstić information content (AvgIpc) is 3.22. The largest absolute Gasteiger partial charge is 0.396 e. The Labute approximate surface area is 157 Å². The predicted octanol–water partition coefficient (Wildman–Crippen LogP) is 2.74. The van der Waals surface area contributed by atoms with Crippen LogP contribution in [0.25, 0.3) is 5.69 Å². The van der Waals surface area contributed by atoms with Crippen molar-refractivity contribution in [3.63, 3.8) is 0 Å². The molecule has 1 aromatic heterocycles. The summed E-state index contributed by atoms with van der Waals surface area (Å²) in [6.45, 7) is 3.63. The molecule has 1 aliphatic heterocycles. The van der Waals surface area contributed by atoms with E-state index >= 15 is 0 Å². The maximum Gasteiger partial charge on any atom is 0.319 e. The van der Waals surface area contributed by atoms with Crippen molar-refractivity contribution in [2.24, 2.45) is 5.41 Å². The van der Waals surface area contributed by atoms with E-state index in [-0.39, 0.29) is 18.1 Å². The van der Waals surface area contributed by atoms with Gasteiger partial charge in [-0.15, -0.1) is 0 Å². The van der Waals surface area contributed by atoms with Gasteiger partial charge in [-0.2, -0.15) is 5.10 Å². The minimum atomic E-state index is -0.303. The highest BCUT2D eigenvalue weighted by Gasteiger charge is 2.34. The van der Waals surface area contributed by atoms with Crippen LogP contribution in [0.15, 0.2) is 30.5 Å². The fourth-order valence-corrected chi connectivity index (χ4v) is 3.33. The van der Waals surface area contributed by atoms with E-state index in [1.165, 1.54) is 0 Å². The maximum atomic E-state index is 12.3. The first-order chi connectivity index (χ1) is 12.5. The molecule has 0 saturated carbocycles. The van der Waals surface area contributed by atoms with Gasteiger partial charge >= 0.3 is 6.03 Å². The van der Waals surface area contributed by atoms with Gasteiger partial charge in [-0.05, 0) is 38.0 Å². The lowest BCUT2D eigenvalue weighted by atomic mass is 9.84. The molecule has 1 atom stereocenters. The van der Waals surface area contributed by atoms with Crippen LogP contribution in [0.3, 0.4) is 0 Å². The minimum absolute atomic E-state index is 0.0815. The number of urea groups is 1. The molecule has 1 fully saturated rings. The summed E-state index contributed by atoms with van der Waals surface area (Å²) in [6, 6.07) is 7.05. The summed E-state index contributed by atoms with van der Waals surface area (Å²) in [7, 11) is 0. The molecule has 1 aromatic carbocycles. The van der Waals surface area contributed by atoms with Crippen LogP contribution in [0.4, 0.5) is 10.5 Å². The first kappa shape index (κ1) is 18.7. The summed E-state index contributed by atoms with van der Waals surface area (Å²) in [6.07, 6.45) is 3.05. The van der Waals surface area contributed by atoms with Gasteiger partial charge in [0.15, 0.2) is 0 Å². The zero-order valence-electron chi connectivity index (χ0n) is 14.7. The lowest BCUT2D eigenvalue weighted by Gasteiger charge is -2.26. The minimum Gasteiger partial charge on any atom is -0.396 e.